The van der Waals surface area contributed by atoms with E-state index in [1.54, 1.807) is 12.1 Å². The van der Waals surface area contributed by atoms with Gasteiger partial charge in [-0.05, 0) is 68.7 Å². The fraction of sp³-hybridized carbons (Fsp3) is 0.320. The Morgan fingerprint density at radius 2 is 1.61 bits per heavy atom. The molecule has 0 fully saturated rings. The first-order chi connectivity index (χ1) is 15.0. The van der Waals surface area contributed by atoms with Crippen LogP contribution < -0.4 is 19.5 Å². The third-order valence-electron chi connectivity index (χ3n) is 4.71. The molecule has 1 N–H and O–H groups in total. The van der Waals surface area contributed by atoms with Gasteiger partial charge in [-0.15, -0.1) is 0 Å². The first-order valence-corrected chi connectivity index (χ1v) is 10.5. The molecule has 0 unspecified atom stereocenters. The number of furan rings is 1. The molecule has 0 saturated carbocycles. The van der Waals surface area contributed by atoms with Crippen LogP contribution in [0.5, 0.6) is 17.2 Å². The number of para-hydroxylation sites is 1. The number of amides is 1. The molecular weight excluding hydrogens is 394 g/mol. The Balaban J connectivity index is 1.58. The topological polar surface area (TPSA) is 69.9 Å². The second-order valence-electron chi connectivity index (χ2n) is 7.11. The molecule has 0 atom stereocenters. The van der Waals surface area contributed by atoms with Crippen LogP contribution in [0.3, 0.4) is 0 Å². The zero-order valence-electron chi connectivity index (χ0n) is 18.5. The molecule has 164 valence electrons. The van der Waals surface area contributed by atoms with Crippen molar-refractivity contribution in [3.8, 4) is 17.2 Å². The lowest BCUT2D eigenvalue weighted by Gasteiger charge is -2.12. The quantitative estimate of drug-likeness (QED) is 0.485. The standard InChI is InChI=1S/C25H29NO5/c1-5-28-21-12-10-19(14-23(21)29-6-2)15-26-25(27)22-13-11-20(31-22)16-30-24-17(3)8-7-9-18(24)4/h7-14H,5-6,15-16H2,1-4H3,(H,26,27). The highest BCUT2D eigenvalue weighted by atomic mass is 16.5. The van der Waals surface area contributed by atoms with Gasteiger partial charge in [-0.3, -0.25) is 4.79 Å². The molecule has 0 spiro atoms. The van der Waals surface area contributed by atoms with Gasteiger partial charge in [0.25, 0.3) is 5.91 Å². The van der Waals surface area contributed by atoms with Gasteiger partial charge in [0.15, 0.2) is 17.3 Å². The Morgan fingerprint density at radius 1 is 0.903 bits per heavy atom. The lowest BCUT2D eigenvalue weighted by molar-refractivity contribution is 0.0919. The van der Waals surface area contributed by atoms with E-state index < -0.39 is 0 Å². The van der Waals surface area contributed by atoms with Crippen molar-refractivity contribution in [1.82, 2.24) is 5.32 Å². The molecule has 2 aromatic carbocycles. The second kappa shape index (κ2) is 10.6. The molecule has 0 bridgehead atoms. The van der Waals surface area contributed by atoms with Crippen LogP contribution in [0.2, 0.25) is 0 Å². The molecule has 6 nitrogen and oxygen atoms in total. The van der Waals surface area contributed by atoms with E-state index in [4.69, 9.17) is 18.6 Å². The predicted molar refractivity (Wildman–Crippen MR) is 119 cm³/mol. The number of carbonyl (C=O) groups is 1. The van der Waals surface area contributed by atoms with Gasteiger partial charge >= 0.3 is 0 Å². The van der Waals surface area contributed by atoms with E-state index in [0.717, 1.165) is 22.4 Å². The summed E-state index contributed by atoms with van der Waals surface area (Å²) in [5.74, 6) is 2.75. The van der Waals surface area contributed by atoms with Crippen molar-refractivity contribution in [3.05, 3.63) is 76.7 Å². The molecule has 3 rings (SSSR count). The number of ether oxygens (including phenoxy) is 3. The Bertz CT molecular complexity index is 1000. The predicted octanol–water partition coefficient (Wildman–Crippen LogP) is 5.20. The summed E-state index contributed by atoms with van der Waals surface area (Å²) < 4.78 is 22.8. The second-order valence-corrected chi connectivity index (χ2v) is 7.11. The Morgan fingerprint density at radius 3 is 2.32 bits per heavy atom. The largest absolute Gasteiger partial charge is 0.490 e. The van der Waals surface area contributed by atoms with Crippen LogP contribution in [0.25, 0.3) is 0 Å². The molecule has 1 aromatic heterocycles. The van der Waals surface area contributed by atoms with E-state index in [0.29, 0.717) is 37.0 Å². The maximum Gasteiger partial charge on any atom is 0.287 e. The molecule has 3 aromatic rings. The highest BCUT2D eigenvalue weighted by molar-refractivity contribution is 5.91. The van der Waals surface area contributed by atoms with Crippen LogP contribution in [0, 0.1) is 13.8 Å². The number of nitrogens with one attached hydrogen (secondary N) is 1. The zero-order valence-corrected chi connectivity index (χ0v) is 18.5. The molecule has 31 heavy (non-hydrogen) atoms. The average Bonchev–Trinajstić information content (AvgIpc) is 3.23. The molecular formula is C25H29NO5. The maximum absolute atomic E-state index is 12.5. The lowest BCUT2D eigenvalue weighted by atomic mass is 10.1. The normalized spacial score (nSPS) is 10.6. The summed E-state index contributed by atoms with van der Waals surface area (Å²) in [7, 11) is 0. The van der Waals surface area contributed by atoms with Crippen LogP contribution in [0.1, 0.15) is 46.9 Å². The van der Waals surface area contributed by atoms with Crippen molar-refractivity contribution < 1.29 is 23.4 Å². The minimum absolute atomic E-state index is 0.246. The van der Waals surface area contributed by atoms with Crippen LogP contribution >= 0.6 is 0 Å². The molecule has 0 aliphatic rings. The summed E-state index contributed by atoms with van der Waals surface area (Å²) in [6.45, 7) is 9.55. The van der Waals surface area contributed by atoms with Crippen molar-refractivity contribution in [2.45, 2.75) is 40.8 Å². The molecule has 0 aliphatic heterocycles. The van der Waals surface area contributed by atoms with E-state index in [2.05, 4.69) is 5.32 Å². The van der Waals surface area contributed by atoms with Gasteiger partial charge in [0, 0.05) is 6.54 Å². The molecule has 0 radical (unpaired) electrons. The monoisotopic (exact) mass is 423 g/mol. The van der Waals surface area contributed by atoms with Gasteiger partial charge < -0.3 is 23.9 Å². The van der Waals surface area contributed by atoms with E-state index >= 15 is 0 Å². The molecule has 6 heteroatoms. The first kappa shape index (κ1) is 22.3. The summed E-state index contributed by atoms with van der Waals surface area (Å²) in [4.78, 5) is 12.5. The van der Waals surface area contributed by atoms with Gasteiger partial charge in [-0.25, -0.2) is 0 Å². The van der Waals surface area contributed by atoms with E-state index in [-0.39, 0.29) is 18.3 Å². The SMILES string of the molecule is CCOc1ccc(CNC(=O)c2ccc(COc3c(C)cccc3C)o2)cc1OCC. The smallest absolute Gasteiger partial charge is 0.287 e. The fourth-order valence-corrected chi connectivity index (χ4v) is 3.22. The Kier molecular flexibility index (Phi) is 7.60. The highest BCUT2D eigenvalue weighted by Crippen LogP contribution is 2.28. The summed E-state index contributed by atoms with van der Waals surface area (Å²) in [6.07, 6.45) is 0. The average molecular weight is 424 g/mol. The Labute approximate surface area is 183 Å². The van der Waals surface area contributed by atoms with Crippen molar-refractivity contribution in [1.29, 1.82) is 0 Å². The number of hydrogen-bond acceptors (Lipinski definition) is 5. The van der Waals surface area contributed by atoms with E-state index in [9.17, 15) is 4.79 Å². The third kappa shape index (κ3) is 5.81. The molecule has 1 amide bonds. The third-order valence-corrected chi connectivity index (χ3v) is 4.71. The summed E-state index contributed by atoms with van der Waals surface area (Å²) in [5, 5.41) is 2.87. The van der Waals surface area contributed by atoms with Gasteiger partial charge in [0.05, 0.1) is 13.2 Å². The maximum atomic E-state index is 12.5. The fourth-order valence-electron chi connectivity index (χ4n) is 3.22. The van der Waals surface area contributed by atoms with E-state index in [1.807, 2.05) is 64.1 Å². The summed E-state index contributed by atoms with van der Waals surface area (Å²) >= 11 is 0. The number of benzene rings is 2. The van der Waals surface area contributed by atoms with Crippen LogP contribution in [-0.4, -0.2) is 19.1 Å². The highest BCUT2D eigenvalue weighted by Gasteiger charge is 2.13. The number of hydrogen-bond donors (Lipinski definition) is 1. The van der Waals surface area contributed by atoms with Crippen molar-refractivity contribution in [2.75, 3.05) is 13.2 Å². The van der Waals surface area contributed by atoms with Crippen LogP contribution in [-0.2, 0) is 13.2 Å². The minimum atomic E-state index is -0.287. The van der Waals surface area contributed by atoms with Gasteiger partial charge in [-0.1, -0.05) is 24.3 Å². The van der Waals surface area contributed by atoms with Crippen LogP contribution in [0.15, 0.2) is 52.9 Å². The zero-order chi connectivity index (χ0) is 22.2. The number of rotatable bonds is 10. The van der Waals surface area contributed by atoms with Crippen LogP contribution in [0.4, 0.5) is 0 Å². The van der Waals surface area contributed by atoms with E-state index in [1.165, 1.54) is 0 Å². The lowest BCUT2D eigenvalue weighted by Crippen LogP contribution is -2.22. The first-order valence-electron chi connectivity index (χ1n) is 10.5. The van der Waals surface area contributed by atoms with Gasteiger partial charge in [-0.2, -0.15) is 0 Å². The summed E-state index contributed by atoms with van der Waals surface area (Å²) in [5.41, 5.74) is 3.03. The molecule has 0 saturated heterocycles. The van der Waals surface area contributed by atoms with Gasteiger partial charge in [0.2, 0.25) is 0 Å². The molecule has 0 aliphatic carbocycles. The van der Waals surface area contributed by atoms with Gasteiger partial charge in [0.1, 0.15) is 18.1 Å². The van der Waals surface area contributed by atoms with Crippen molar-refractivity contribution in [3.63, 3.8) is 0 Å². The number of aryl methyl sites for hydroxylation is 2. The van der Waals surface area contributed by atoms with Crippen molar-refractivity contribution >= 4 is 5.91 Å². The Hall–Kier alpha value is -3.41. The molecule has 1 heterocycles. The summed E-state index contributed by atoms with van der Waals surface area (Å²) in [6, 6.07) is 15.0. The number of carbonyl (C=O) groups excluding carboxylic acids is 1. The minimum Gasteiger partial charge on any atom is -0.490 e. The van der Waals surface area contributed by atoms with Crippen molar-refractivity contribution in [2.24, 2.45) is 0 Å².